The van der Waals surface area contributed by atoms with Gasteiger partial charge < -0.3 is 0 Å². The predicted octanol–water partition coefficient (Wildman–Crippen LogP) is 4.32. The van der Waals surface area contributed by atoms with Crippen LogP contribution in [0.25, 0.3) is 34.0 Å². The van der Waals surface area contributed by atoms with Crippen LogP contribution in [-0.4, -0.2) is 25.1 Å². The molecule has 0 aliphatic rings. The van der Waals surface area contributed by atoms with E-state index < -0.39 is 17.5 Å². The highest BCUT2D eigenvalue weighted by molar-refractivity contribution is 5.69. The zero-order valence-electron chi connectivity index (χ0n) is 14.0. The van der Waals surface area contributed by atoms with E-state index in [1.807, 2.05) is 0 Å². The molecule has 0 aliphatic carbocycles. The van der Waals surface area contributed by atoms with Crippen LogP contribution < -0.4 is 0 Å². The maximum absolute atomic E-state index is 14.5. The molecule has 0 amide bonds. The first kappa shape index (κ1) is 16.9. The molecule has 0 aliphatic heterocycles. The Morgan fingerprint density at radius 2 is 1.74 bits per heavy atom. The van der Waals surface area contributed by atoms with Crippen LogP contribution in [0.3, 0.4) is 0 Å². The Labute approximate surface area is 152 Å². The normalized spacial score (nSPS) is 11.0. The van der Waals surface area contributed by atoms with Crippen LogP contribution in [0.15, 0.2) is 48.8 Å². The molecule has 0 saturated carbocycles. The van der Waals surface area contributed by atoms with Crippen molar-refractivity contribution in [1.29, 1.82) is 0 Å². The van der Waals surface area contributed by atoms with Gasteiger partial charge in [0.25, 0.3) is 0 Å². The smallest absolute Gasteiger partial charge is 0.184 e. The Bertz CT molecular complexity index is 1140. The number of hydrogen-bond acceptors (Lipinski definition) is 4. The summed E-state index contributed by atoms with van der Waals surface area (Å²) in [6, 6.07) is 8.70. The van der Waals surface area contributed by atoms with Crippen LogP contribution in [-0.2, 0) is 0 Å². The van der Waals surface area contributed by atoms with Crippen LogP contribution in [0.1, 0.15) is 5.69 Å². The third-order valence-electron chi connectivity index (χ3n) is 3.98. The summed E-state index contributed by atoms with van der Waals surface area (Å²) in [4.78, 5) is 12.2. The maximum atomic E-state index is 14.5. The summed E-state index contributed by atoms with van der Waals surface area (Å²) < 4.78 is 41.9. The van der Waals surface area contributed by atoms with Crippen LogP contribution in [0.2, 0.25) is 0 Å². The van der Waals surface area contributed by atoms with Gasteiger partial charge in [-0.05, 0) is 31.2 Å². The Balaban J connectivity index is 1.81. The highest BCUT2D eigenvalue weighted by Gasteiger charge is 2.17. The van der Waals surface area contributed by atoms with Crippen molar-refractivity contribution in [3.05, 3.63) is 71.9 Å². The highest BCUT2D eigenvalue weighted by atomic mass is 19.1. The molecule has 0 saturated heterocycles. The average molecular weight is 367 g/mol. The van der Waals surface area contributed by atoms with Gasteiger partial charge in [0.05, 0.1) is 17.5 Å². The zero-order valence-corrected chi connectivity index (χ0v) is 14.0. The van der Waals surface area contributed by atoms with Crippen molar-refractivity contribution < 1.29 is 13.2 Å². The van der Waals surface area contributed by atoms with Crippen molar-refractivity contribution in [1.82, 2.24) is 25.1 Å². The average Bonchev–Trinajstić information content (AvgIpc) is 3.14. The summed E-state index contributed by atoms with van der Waals surface area (Å²) in [5.41, 5.74) is 1.04. The molecule has 134 valence electrons. The van der Waals surface area contributed by atoms with E-state index in [0.717, 1.165) is 6.20 Å². The second kappa shape index (κ2) is 6.64. The van der Waals surface area contributed by atoms with E-state index in [2.05, 4.69) is 25.1 Å². The molecular formula is C19H12F3N5. The number of pyridine rings is 2. The van der Waals surface area contributed by atoms with Crippen molar-refractivity contribution in [2.75, 3.05) is 0 Å². The third-order valence-corrected chi connectivity index (χ3v) is 3.98. The zero-order chi connectivity index (χ0) is 19.0. The first-order chi connectivity index (χ1) is 13.0. The van der Waals surface area contributed by atoms with E-state index in [0.29, 0.717) is 5.69 Å². The van der Waals surface area contributed by atoms with Gasteiger partial charge in [-0.1, -0.05) is 12.1 Å². The monoisotopic (exact) mass is 367 g/mol. The van der Waals surface area contributed by atoms with Gasteiger partial charge in [0, 0.05) is 17.3 Å². The minimum absolute atomic E-state index is 0.107. The van der Waals surface area contributed by atoms with Gasteiger partial charge >= 0.3 is 0 Å². The lowest BCUT2D eigenvalue weighted by Crippen LogP contribution is -1.97. The molecule has 1 N–H and O–H groups in total. The Kier molecular flexibility index (Phi) is 4.15. The van der Waals surface area contributed by atoms with Gasteiger partial charge in [0.15, 0.2) is 17.5 Å². The summed E-state index contributed by atoms with van der Waals surface area (Å²) in [5.74, 6) is -1.23. The molecule has 0 fully saturated rings. The first-order valence-corrected chi connectivity index (χ1v) is 7.98. The number of nitrogens with zero attached hydrogens (tertiary/aromatic N) is 4. The van der Waals surface area contributed by atoms with E-state index in [1.165, 1.54) is 31.3 Å². The number of aromatic amines is 1. The van der Waals surface area contributed by atoms with Crippen molar-refractivity contribution in [3.8, 4) is 34.0 Å². The maximum Gasteiger partial charge on any atom is 0.184 e. The molecule has 8 heteroatoms. The van der Waals surface area contributed by atoms with Gasteiger partial charge in [0.1, 0.15) is 17.3 Å². The van der Waals surface area contributed by atoms with Crippen LogP contribution in [0.5, 0.6) is 0 Å². The molecule has 0 radical (unpaired) electrons. The number of halogens is 3. The molecule has 27 heavy (non-hydrogen) atoms. The molecule has 1 aromatic carbocycles. The van der Waals surface area contributed by atoms with Gasteiger partial charge in [0.2, 0.25) is 0 Å². The van der Waals surface area contributed by atoms with E-state index in [4.69, 9.17) is 0 Å². The molecule has 0 atom stereocenters. The van der Waals surface area contributed by atoms with Gasteiger partial charge in [-0.25, -0.2) is 23.1 Å². The molecule has 0 spiro atoms. The molecule has 3 heterocycles. The fourth-order valence-corrected chi connectivity index (χ4v) is 2.69. The number of aromatic nitrogens is 5. The van der Waals surface area contributed by atoms with Crippen molar-refractivity contribution in [2.24, 2.45) is 0 Å². The molecule has 4 rings (SSSR count). The highest BCUT2D eigenvalue weighted by Crippen LogP contribution is 2.29. The summed E-state index contributed by atoms with van der Waals surface area (Å²) in [5, 5.41) is 6.69. The Morgan fingerprint density at radius 3 is 2.52 bits per heavy atom. The number of aryl methyl sites for hydroxylation is 1. The standard InChI is InChI=1S/C19H12F3N5/c1-10-17(22)14(11-6-12(20)9-23-8-11)7-16(24-10)19-25-18(26-27-19)13-4-2-3-5-15(13)21/h2-9H,1H3,(H,25,26,27). The van der Waals surface area contributed by atoms with Gasteiger partial charge in [-0.2, -0.15) is 5.10 Å². The van der Waals surface area contributed by atoms with E-state index in [1.54, 1.807) is 18.2 Å². The second-order valence-corrected chi connectivity index (χ2v) is 5.83. The molecule has 0 unspecified atom stereocenters. The van der Waals surface area contributed by atoms with Crippen LogP contribution >= 0.6 is 0 Å². The summed E-state index contributed by atoms with van der Waals surface area (Å²) in [6.07, 6.45) is 2.39. The summed E-state index contributed by atoms with van der Waals surface area (Å²) in [7, 11) is 0. The third kappa shape index (κ3) is 3.17. The van der Waals surface area contributed by atoms with Gasteiger partial charge in [-0.15, -0.1) is 0 Å². The Morgan fingerprint density at radius 1 is 0.926 bits per heavy atom. The number of hydrogen-bond donors (Lipinski definition) is 1. The minimum atomic E-state index is -0.583. The Hall–Kier alpha value is -3.55. The number of rotatable bonds is 3. The lowest BCUT2D eigenvalue weighted by molar-refractivity contribution is 0.611. The molecule has 5 nitrogen and oxygen atoms in total. The molecule has 4 aromatic rings. The van der Waals surface area contributed by atoms with Crippen molar-refractivity contribution in [3.63, 3.8) is 0 Å². The van der Waals surface area contributed by atoms with Gasteiger partial charge in [-0.3, -0.25) is 10.1 Å². The summed E-state index contributed by atoms with van der Waals surface area (Å²) in [6.45, 7) is 1.49. The topological polar surface area (TPSA) is 67.3 Å². The SMILES string of the molecule is Cc1nc(-c2nc(-c3ccccc3F)n[nH]2)cc(-c2cncc(F)c2)c1F. The minimum Gasteiger partial charge on any atom is -0.261 e. The van der Waals surface area contributed by atoms with Crippen molar-refractivity contribution in [2.45, 2.75) is 6.92 Å². The van der Waals surface area contributed by atoms with Crippen molar-refractivity contribution >= 4 is 0 Å². The lowest BCUT2D eigenvalue weighted by atomic mass is 10.1. The predicted molar refractivity (Wildman–Crippen MR) is 92.9 cm³/mol. The molecular weight excluding hydrogens is 355 g/mol. The van der Waals surface area contributed by atoms with E-state index in [-0.39, 0.29) is 34.0 Å². The van der Waals surface area contributed by atoms with E-state index in [9.17, 15) is 13.2 Å². The lowest BCUT2D eigenvalue weighted by Gasteiger charge is -2.07. The number of nitrogens with one attached hydrogen (secondary N) is 1. The van der Waals surface area contributed by atoms with Crippen LogP contribution in [0.4, 0.5) is 13.2 Å². The number of H-pyrrole nitrogens is 1. The molecule has 0 bridgehead atoms. The summed E-state index contributed by atoms with van der Waals surface area (Å²) >= 11 is 0. The molecule has 3 aromatic heterocycles. The number of benzene rings is 1. The largest absolute Gasteiger partial charge is 0.261 e. The fraction of sp³-hybridized carbons (Fsp3) is 0.0526. The first-order valence-electron chi connectivity index (χ1n) is 7.98. The quantitative estimate of drug-likeness (QED) is 0.586. The fourth-order valence-electron chi connectivity index (χ4n) is 2.69. The second-order valence-electron chi connectivity index (χ2n) is 5.83. The van der Waals surface area contributed by atoms with Crippen LogP contribution in [0, 0.1) is 24.4 Å². The van der Waals surface area contributed by atoms with E-state index >= 15 is 0 Å².